The van der Waals surface area contributed by atoms with Gasteiger partial charge in [-0.2, -0.15) is 0 Å². The fourth-order valence-corrected chi connectivity index (χ4v) is 2.88. The molecule has 0 radical (unpaired) electrons. The number of anilines is 1. The van der Waals surface area contributed by atoms with Gasteiger partial charge in [-0.05, 0) is 39.0 Å². The van der Waals surface area contributed by atoms with Gasteiger partial charge in [-0.3, -0.25) is 0 Å². The molecule has 2 aromatic rings. The van der Waals surface area contributed by atoms with Crippen LogP contribution in [0.1, 0.15) is 20.8 Å². The average molecular weight is 313 g/mol. The van der Waals surface area contributed by atoms with E-state index in [0.29, 0.717) is 0 Å². The van der Waals surface area contributed by atoms with Crippen molar-refractivity contribution in [1.82, 2.24) is 0 Å². The lowest BCUT2D eigenvalue weighted by atomic mass is 9.98. The second-order valence-corrected chi connectivity index (χ2v) is 6.64. The van der Waals surface area contributed by atoms with Gasteiger partial charge in [0.2, 0.25) is 13.6 Å². The first kappa shape index (κ1) is 14.1. The molecule has 2 aromatic carbocycles. The van der Waals surface area contributed by atoms with E-state index in [1.54, 1.807) is 0 Å². The lowest BCUT2D eigenvalue weighted by Gasteiger charge is -2.25. The van der Waals surface area contributed by atoms with E-state index in [-0.39, 0.29) is 19.1 Å². The fraction of sp³-hybridized carbons (Fsp3) is 0.333. The number of ether oxygens (including phenoxy) is 4. The molecule has 0 aromatic heterocycles. The third kappa shape index (κ3) is 2.42. The van der Waals surface area contributed by atoms with Gasteiger partial charge in [0.1, 0.15) is 0 Å². The minimum atomic E-state index is -0.0856. The van der Waals surface area contributed by atoms with Crippen LogP contribution < -0.4 is 24.3 Å². The van der Waals surface area contributed by atoms with E-state index in [2.05, 4.69) is 26.1 Å². The Bertz CT molecular complexity index is 764. The van der Waals surface area contributed by atoms with Crippen molar-refractivity contribution in [1.29, 1.82) is 0 Å². The predicted molar refractivity (Wildman–Crippen MR) is 87.5 cm³/mol. The molecule has 0 spiro atoms. The molecular weight excluding hydrogens is 294 g/mol. The van der Waals surface area contributed by atoms with Crippen molar-refractivity contribution in [2.24, 2.45) is 0 Å². The molecule has 0 fully saturated rings. The van der Waals surface area contributed by atoms with Crippen molar-refractivity contribution in [3.05, 3.63) is 30.3 Å². The maximum Gasteiger partial charge on any atom is 0.231 e. The normalized spacial score (nSPS) is 14.9. The van der Waals surface area contributed by atoms with E-state index < -0.39 is 0 Å². The summed E-state index contributed by atoms with van der Waals surface area (Å²) in [6.45, 7) is 6.83. The Labute approximate surface area is 135 Å². The van der Waals surface area contributed by atoms with Crippen LogP contribution in [0.4, 0.5) is 5.69 Å². The molecule has 2 heterocycles. The lowest BCUT2D eigenvalue weighted by Crippen LogP contribution is -2.26. The summed E-state index contributed by atoms with van der Waals surface area (Å²) in [4.78, 5) is 0. The Hall–Kier alpha value is -2.56. The first-order valence-electron chi connectivity index (χ1n) is 7.63. The monoisotopic (exact) mass is 313 g/mol. The van der Waals surface area contributed by atoms with Crippen molar-refractivity contribution in [3.8, 4) is 34.1 Å². The maximum absolute atomic E-state index is 5.74. The zero-order valence-corrected chi connectivity index (χ0v) is 13.4. The second-order valence-electron chi connectivity index (χ2n) is 6.64. The van der Waals surface area contributed by atoms with Crippen molar-refractivity contribution in [2.45, 2.75) is 26.3 Å². The third-order valence-corrected chi connectivity index (χ3v) is 3.71. The van der Waals surface area contributed by atoms with Crippen molar-refractivity contribution in [2.75, 3.05) is 18.9 Å². The van der Waals surface area contributed by atoms with E-state index >= 15 is 0 Å². The highest BCUT2D eigenvalue weighted by atomic mass is 16.7. The summed E-state index contributed by atoms with van der Waals surface area (Å²) >= 11 is 0. The molecule has 2 aliphatic rings. The van der Waals surface area contributed by atoms with E-state index in [1.807, 2.05) is 30.3 Å². The Morgan fingerprint density at radius 3 is 2.26 bits per heavy atom. The Balaban J connectivity index is 1.93. The zero-order chi connectivity index (χ0) is 16.0. The number of hydrogen-bond acceptors (Lipinski definition) is 5. The van der Waals surface area contributed by atoms with E-state index in [4.69, 9.17) is 18.9 Å². The molecular formula is C18H19NO4. The summed E-state index contributed by atoms with van der Waals surface area (Å²) in [5, 5.41) is 3.54. The Morgan fingerprint density at radius 2 is 1.52 bits per heavy atom. The summed E-state index contributed by atoms with van der Waals surface area (Å²) < 4.78 is 22.5. The topological polar surface area (TPSA) is 49.0 Å². The maximum atomic E-state index is 5.74. The van der Waals surface area contributed by atoms with Gasteiger partial charge in [0.05, 0.1) is 5.56 Å². The van der Waals surface area contributed by atoms with Gasteiger partial charge < -0.3 is 24.3 Å². The highest BCUT2D eigenvalue weighted by Gasteiger charge is 2.28. The highest BCUT2D eigenvalue weighted by Crippen LogP contribution is 2.51. The van der Waals surface area contributed by atoms with Gasteiger partial charge in [-0.1, -0.05) is 12.1 Å². The lowest BCUT2D eigenvalue weighted by molar-refractivity contribution is 0.173. The number of para-hydroxylation sites is 1. The summed E-state index contributed by atoms with van der Waals surface area (Å²) in [6, 6.07) is 9.82. The van der Waals surface area contributed by atoms with Crippen LogP contribution in [-0.2, 0) is 0 Å². The van der Waals surface area contributed by atoms with Gasteiger partial charge in [0.15, 0.2) is 23.0 Å². The molecule has 0 atom stereocenters. The van der Waals surface area contributed by atoms with Crippen LogP contribution in [0.2, 0.25) is 0 Å². The minimum absolute atomic E-state index is 0.0856. The molecule has 1 N–H and O–H groups in total. The number of rotatable bonds is 2. The van der Waals surface area contributed by atoms with Gasteiger partial charge in [0.25, 0.3) is 0 Å². The molecule has 0 aliphatic carbocycles. The number of benzene rings is 2. The van der Waals surface area contributed by atoms with Crippen LogP contribution in [0.5, 0.6) is 23.0 Å². The van der Waals surface area contributed by atoms with Gasteiger partial charge in [0, 0.05) is 16.8 Å². The zero-order valence-electron chi connectivity index (χ0n) is 13.4. The van der Waals surface area contributed by atoms with E-state index in [9.17, 15) is 0 Å². The standard InChI is InChI=1S/C18H19NO4/c1-18(2,3)19-12-7-8-14-17(23-10-21-14)15(12)11-5-4-6-13-16(11)22-9-20-13/h4-8,19H,9-10H2,1-3H3. The Kier molecular flexibility index (Phi) is 3.04. The van der Waals surface area contributed by atoms with Crippen molar-refractivity contribution >= 4 is 5.69 Å². The SMILES string of the molecule is CC(C)(C)Nc1ccc2c(c1-c1cccc3c1OCO3)OCO2. The molecule has 0 saturated heterocycles. The molecule has 0 saturated carbocycles. The molecule has 2 aliphatic heterocycles. The summed E-state index contributed by atoms with van der Waals surface area (Å²) in [7, 11) is 0. The number of nitrogens with one attached hydrogen (secondary N) is 1. The van der Waals surface area contributed by atoms with Crippen LogP contribution in [0.15, 0.2) is 30.3 Å². The first-order chi connectivity index (χ1) is 11.0. The van der Waals surface area contributed by atoms with Crippen LogP contribution in [0.3, 0.4) is 0 Å². The number of hydrogen-bond donors (Lipinski definition) is 1. The second kappa shape index (κ2) is 4.98. The Morgan fingerprint density at radius 1 is 0.826 bits per heavy atom. The minimum Gasteiger partial charge on any atom is -0.454 e. The summed E-state index contributed by atoms with van der Waals surface area (Å²) in [5.74, 6) is 2.98. The summed E-state index contributed by atoms with van der Waals surface area (Å²) in [6.07, 6.45) is 0. The molecule has 23 heavy (non-hydrogen) atoms. The van der Waals surface area contributed by atoms with Crippen LogP contribution in [0.25, 0.3) is 11.1 Å². The molecule has 4 rings (SSSR count). The molecule has 0 amide bonds. The van der Waals surface area contributed by atoms with Gasteiger partial charge in [-0.15, -0.1) is 0 Å². The smallest absolute Gasteiger partial charge is 0.231 e. The van der Waals surface area contributed by atoms with E-state index in [1.165, 1.54) is 0 Å². The van der Waals surface area contributed by atoms with Crippen LogP contribution >= 0.6 is 0 Å². The largest absolute Gasteiger partial charge is 0.454 e. The van der Waals surface area contributed by atoms with Crippen molar-refractivity contribution in [3.63, 3.8) is 0 Å². The van der Waals surface area contributed by atoms with Crippen LogP contribution in [0, 0.1) is 0 Å². The molecule has 120 valence electrons. The highest BCUT2D eigenvalue weighted by molar-refractivity contribution is 5.90. The predicted octanol–water partition coefficient (Wildman–Crippen LogP) is 4.02. The molecule has 0 bridgehead atoms. The third-order valence-electron chi connectivity index (χ3n) is 3.71. The number of fused-ring (bicyclic) bond motifs is 2. The van der Waals surface area contributed by atoms with Gasteiger partial charge >= 0.3 is 0 Å². The fourth-order valence-electron chi connectivity index (χ4n) is 2.88. The van der Waals surface area contributed by atoms with Crippen molar-refractivity contribution < 1.29 is 18.9 Å². The molecule has 5 nitrogen and oxygen atoms in total. The average Bonchev–Trinajstić information content (AvgIpc) is 3.13. The van der Waals surface area contributed by atoms with Crippen LogP contribution in [-0.4, -0.2) is 19.1 Å². The first-order valence-corrected chi connectivity index (χ1v) is 7.63. The molecule has 0 unspecified atom stereocenters. The quantitative estimate of drug-likeness (QED) is 0.907. The van der Waals surface area contributed by atoms with E-state index in [0.717, 1.165) is 39.8 Å². The summed E-state index contributed by atoms with van der Waals surface area (Å²) in [5.41, 5.74) is 2.77. The molecule has 5 heteroatoms. The van der Waals surface area contributed by atoms with Gasteiger partial charge in [-0.25, -0.2) is 0 Å².